The lowest BCUT2D eigenvalue weighted by molar-refractivity contribution is 0.418. The summed E-state index contributed by atoms with van der Waals surface area (Å²) in [5.74, 6) is 1.91. The van der Waals surface area contributed by atoms with Crippen LogP contribution in [0.1, 0.15) is 137 Å². The molecule has 0 heterocycles. The SMILES string of the molecule is CCCCCCCCCCCCC(C)CCCCCC(C)CC. The third-order valence-electron chi connectivity index (χ3n) is 5.64. The van der Waals surface area contributed by atoms with Gasteiger partial charge in [0.1, 0.15) is 0 Å². The van der Waals surface area contributed by atoms with Crippen molar-refractivity contribution in [2.45, 2.75) is 137 Å². The van der Waals surface area contributed by atoms with Crippen molar-refractivity contribution in [1.29, 1.82) is 0 Å². The average molecular weight is 325 g/mol. The Labute approximate surface area is 149 Å². The summed E-state index contributed by atoms with van der Waals surface area (Å²) in [6.45, 7) is 9.49. The summed E-state index contributed by atoms with van der Waals surface area (Å²) in [5, 5.41) is 0. The Balaban J connectivity index is 3.17. The molecule has 23 heavy (non-hydrogen) atoms. The highest BCUT2D eigenvalue weighted by Crippen LogP contribution is 2.19. The Bertz CT molecular complexity index is 208. The van der Waals surface area contributed by atoms with Gasteiger partial charge in [-0.15, -0.1) is 0 Å². The summed E-state index contributed by atoms with van der Waals surface area (Å²) >= 11 is 0. The first kappa shape index (κ1) is 23.0. The van der Waals surface area contributed by atoms with Gasteiger partial charge in [-0.05, 0) is 11.8 Å². The van der Waals surface area contributed by atoms with Crippen LogP contribution in [-0.4, -0.2) is 0 Å². The molecule has 0 aromatic heterocycles. The minimum atomic E-state index is 0.944. The van der Waals surface area contributed by atoms with E-state index in [1.165, 1.54) is 109 Å². The molecule has 0 aliphatic heterocycles. The van der Waals surface area contributed by atoms with Crippen LogP contribution in [0, 0.1) is 11.8 Å². The molecule has 0 aliphatic carbocycles. The van der Waals surface area contributed by atoms with Gasteiger partial charge < -0.3 is 0 Å². The van der Waals surface area contributed by atoms with E-state index in [1.807, 2.05) is 0 Å². The number of hydrogen-bond donors (Lipinski definition) is 0. The molecule has 0 radical (unpaired) electrons. The average Bonchev–Trinajstić information content (AvgIpc) is 2.56. The molecule has 2 unspecified atom stereocenters. The molecule has 0 nitrogen and oxygen atoms in total. The molecule has 0 saturated carbocycles. The Morgan fingerprint density at radius 2 is 0.783 bits per heavy atom. The molecule has 0 heteroatoms. The van der Waals surface area contributed by atoms with Crippen LogP contribution in [0.15, 0.2) is 0 Å². The second kappa shape index (κ2) is 18.3. The summed E-state index contributed by atoms with van der Waals surface area (Å²) < 4.78 is 0. The second-order valence-electron chi connectivity index (χ2n) is 8.23. The summed E-state index contributed by atoms with van der Waals surface area (Å²) in [4.78, 5) is 0. The van der Waals surface area contributed by atoms with Gasteiger partial charge in [0, 0.05) is 0 Å². The molecule has 0 aromatic rings. The minimum absolute atomic E-state index is 0.944. The van der Waals surface area contributed by atoms with E-state index in [0.717, 1.165) is 11.8 Å². The number of hydrogen-bond acceptors (Lipinski definition) is 0. The Hall–Kier alpha value is 0. The molecule has 2 atom stereocenters. The maximum Gasteiger partial charge on any atom is -0.0443 e. The highest BCUT2D eigenvalue weighted by atomic mass is 14.1. The van der Waals surface area contributed by atoms with Crippen molar-refractivity contribution in [2.24, 2.45) is 11.8 Å². The lowest BCUT2D eigenvalue weighted by Gasteiger charge is -2.12. The van der Waals surface area contributed by atoms with Gasteiger partial charge in [-0.2, -0.15) is 0 Å². The maximum atomic E-state index is 2.47. The Kier molecular flexibility index (Phi) is 18.3. The summed E-state index contributed by atoms with van der Waals surface area (Å²) in [7, 11) is 0. The normalized spacial score (nSPS) is 14.1. The van der Waals surface area contributed by atoms with E-state index in [9.17, 15) is 0 Å². The van der Waals surface area contributed by atoms with E-state index in [4.69, 9.17) is 0 Å². The van der Waals surface area contributed by atoms with E-state index in [2.05, 4.69) is 27.7 Å². The third-order valence-corrected chi connectivity index (χ3v) is 5.64. The summed E-state index contributed by atoms with van der Waals surface area (Å²) in [6, 6.07) is 0. The lowest BCUT2D eigenvalue weighted by Crippen LogP contribution is -1.96. The van der Waals surface area contributed by atoms with Crippen LogP contribution in [-0.2, 0) is 0 Å². The predicted molar refractivity (Wildman–Crippen MR) is 108 cm³/mol. The van der Waals surface area contributed by atoms with Crippen LogP contribution < -0.4 is 0 Å². The minimum Gasteiger partial charge on any atom is -0.0654 e. The number of rotatable bonds is 18. The van der Waals surface area contributed by atoms with E-state index >= 15 is 0 Å². The molecule has 0 spiro atoms. The van der Waals surface area contributed by atoms with Crippen LogP contribution in [0.2, 0.25) is 0 Å². The zero-order valence-corrected chi connectivity index (χ0v) is 17.2. The van der Waals surface area contributed by atoms with Gasteiger partial charge in [-0.25, -0.2) is 0 Å². The van der Waals surface area contributed by atoms with E-state index in [1.54, 1.807) is 0 Å². The van der Waals surface area contributed by atoms with Crippen LogP contribution in [0.25, 0.3) is 0 Å². The Morgan fingerprint density at radius 3 is 1.22 bits per heavy atom. The zero-order chi connectivity index (χ0) is 17.2. The van der Waals surface area contributed by atoms with E-state index in [0.29, 0.717) is 0 Å². The van der Waals surface area contributed by atoms with E-state index in [-0.39, 0.29) is 0 Å². The molecule has 0 aliphatic rings. The third kappa shape index (κ3) is 18.2. The van der Waals surface area contributed by atoms with Crippen LogP contribution in [0.5, 0.6) is 0 Å². The number of unbranched alkanes of at least 4 members (excludes halogenated alkanes) is 11. The van der Waals surface area contributed by atoms with Crippen LogP contribution >= 0.6 is 0 Å². The molecular weight excluding hydrogens is 276 g/mol. The van der Waals surface area contributed by atoms with Crippen LogP contribution in [0.3, 0.4) is 0 Å². The van der Waals surface area contributed by atoms with Crippen molar-refractivity contribution in [2.75, 3.05) is 0 Å². The zero-order valence-electron chi connectivity index (χ0n) is 17.2. The molecule has 0 fully saturated rings. The first-order valence-corrected chi connectivity index (χ1v) is 11.2. The molecule has 140 valence electrons. The molecule has 0 aromatic carbocycles. The fourth-order valence-corrected chi connectivity index (χ4v) is 3.49. The standard InChI is InChI=1S/C23H48/c1-5-7-8-9-10-11-12-13-14-16-20-23(4)21-18-15-17-19-22(3)6-2/h22-23H,5-21H2,1-4H3. The van der Waals surface area contributed by atoms with Crippen molar-refractivity contribution in [3.63, 3.8) is 0 Å². The van der Waals surface area contributed by atoms with Gasteiger partial charge in [-0.1, -0.05) is 137 Å². The molecule has 0 N–H and O–H groups in total. The predicted octanol–water partition coefficient (Wildman–Crippen LogP) is 8.93. The molecule has 0 amide bonds. The molecule has 0 bridgehead atoms. The molecule has 0 rings (SSSR count). The fourth-order valence-electron chi connectivity index (χ4n) is 3.49. The molecule has 0 saturated heterocycles. The smallest absolute Gasteiger partial charge is 0.0443 e. The molecular formula is C23H48. The first-order valence-electron chi connectivity index (χ1n) is 11.2. The van der Waals surface area contributed by atoms with Gasteiger partial charge in [0.25, 0.3) is 0 Å². The first-order chi connectivity index (χ1) is 11.2. The maximum absolute atomic E-state index is 2.47. The van der Waals surface area contributed by atoms with Crippen LogP contribution in [0.4, 0.5) is 0 Å². The lowest BCUT2D eigenvalue weighted by atomic mass is 9.94. The van der Waals surface area contributed by atoms with Crippen molar-refractivity contribution in [3.05, 3.63) is 0 Å². The van der Waals surface area contributed by atoms with Gasteiger partial charge in [-0.3, -0.25) is 0 Å². The summed E-state index contributed by atoms with van der Waals surface area (Å²) in [6.07, 6.45) is 24.8. The van der Waals surface area contributed by atoms with Crippen molar-refractivity contribution >= 4 is 0 Å². The van der Waals surface area contributed by atoms with Gasteiger partial charge in [0.2, 0.25) is 0 Å². The largest absolute Gasteiger partial charge is 0.0654 e. The Morgan fingerprint density at radius 1 is 0.435 bits per heavy atom. The van der Waals surface area contributed by atoms with Crippen molar-refractivity contribution in [3.8, 4) is 0 Å². The van der Waals surface area contributed by atoms with Gasteiger partial charge >= 0.3 is 0 Å². The summed E-state index contributed by atoms with van der Waals surface area (Å²) in [5.41, 5.74) is 0. The van der Waals surface area contributed by atoms with E-state index < -0.39 is 0 Å². The quantitative estimate of drug-likeness (QED) is 0.221. The monoisotopic (exact) mass is 324 g/mol. The van der Waals surface area contributed by atoms with Gasteiger partial charge in [0.15, 0.2) is 0 Å². The van der Waals surface area contributed by atoms with Crippen molar-refractivity contribution in [1.82, 2.24) is 0 Å². The fraction of sp³-hybridized carbons (Fsp3) is 1.00. The highest BCUT2D eigenvalue weighted by molar-refractivity contribution is 4.57. The van der Waals surface area contributed by atoms with Gasteiger partial charge in [0.05, 0.1) is 0 Å². The second-order valence-corrected chi connectivity index (χ2v) is 8.23. The highest BCUT2D eigenvalue weighted by Gasteiger charge is 2.03. The van der Waals surface area contributed by atoms with Crippen molar-refractivity contribution < 1.29 is 0 Å². The topological polar surface area (TPSA) is 0 Å².